The number of rotatable bonds is 2. The van der Waals surface area contributed by atoms with Crippen molar-refractivity contribution in [3.05, 3.63) is 0 Å². The fraction of sp³-hybridized carbons (Fsp3) is 0.714. The number of amidine groups is 1. The van der Waals surface area contributed by atoms with Crippen LogP contribution in [0, 0.1) is 5.41 Å². The molecule has 11 heavy (non-hydrogen) atoms. The molecule has 1 fully saturated rings. The molecule has 0 bridgehead atoms. The van der Waals surface area contributed by atoms with Crippen molar-refractivity contribution in [1.82, 2.24) is 5.32 Å². The fourth-order valence-electron chi connectivity index (χ4n) is 1.40. The first-order valence-electron chi connectivity index (χ1n) is 3.78. The van der Waals surface area contributed by atoms with Crippen LogP contribution in [0.1, 0.15) is 12.8 Å². The maximum absolute atomic E-state index is 10.7. The van der Waals surface area contributed by atoms with E-state index in [-0.39, 0.29) is 0 Å². The summed E-state index contributed by atoms with van der Waals surface area (Å²) in [5, 5.41) is 11.9. The average Bonchev–Trinajstić information content (AvgIpc) is 2.61. The summed E-state index contributed by atoms with van der Waals surface area (Å²) < 4.78 is 0. The van der Waals surface area contributed by atoms with Gasteiger partial charge < -0.3 is 10.4 Å². The zero-order chi connectivity index (χ0) is 7.90. The molecular weight excluding hydrogens is 144 g/mol. The van der Waals surface area contributed by atoms with Crippen LogP contribution in [0.4, 0.5) is 0 Å². The molecule has 4 heteroatoms. The van der Waals surface area contributed by atoms with Gasteiger partial charge >= 0.3 is 5.97 Å². The van der Waals surface area contributed by atoms with E-state index in [1.807, 2.05) is 0 Å². The van der Waals surface area contributed by atoms with Gasteiger partial charge in [-0.05, 0) is 12.8 Å². The first-order valence-corrected chi connectivity index (χ1v) is 3.78. The van der Waals surface area contributed by atoms with Gasteiger partial charge in [-0.1, -0.05) is 0 Å². The van der Waals surface area contributed by atoms with Crippen LogP contribution >= 0.6 is 0 Å². The largest absolute Gasteiger partial charge is 0.480 e. The maximum Gasteiger partial charge on any atom is 0.317 e. The van der Waals surface area contributed by atoms with E-state index >= 15 is 0 Å². The predicted octanol–water partition coefficient (Wildman–Crippen LogP) is -0.147. The Hall–Kier alpha value is -1.06. The first-order chi connectivity index (χ1) is 5.26. The molecule has 2 rings (SSSR count). The predicted molar refractivity (Wildman–Crippen MR) is 39.6 cm³/mol. The number of aliphatic imine (C=N–C) groups is 1. The topological polar surface area (TPSA) is 61.7 Å². The van der Waals surface area contributed by atoms with Gasteiger partial charge in [-0.2, -0.15) is 0 Å². The lowest BCUT2D eigenvalue weighted by Crippen LogP contribution is -2.34. The third kappa shape index (κ3) is 0.818. The van der Waals surface area contributed by atoms with E-state index in [9.17, 15) is 4.79 Å². The van der Waals surface area contributed by atoms with Crippen molar-refractivity contribution < 1.29 is 9.90 Å². The van der Waals surface area contributed by atoms with Gasteiger partial charge in [0.1, 0.15) is 11.3 Å². The molecule has 1 heterocycles. The molecule has 4 nitrogen and oxygen atoms in total. The van der Waals surface area contributed by atoms with E-state index in [0.29, 0.717) is 5.84 Å². The smallest absolute Gasteiger partial charge is 0.317 e. The lowest BCUT2D eigenvalue weighted by Gasteiger charge is -2.08. The lowest BCUT2D eigenvalue weighted by molar-refractivity contribution is -0.140. The van der Waals surface area contributed by atoms with Crippen molar-refractivity contribution in [2.45, 2.75) is 12.8 Å². The Morgan fingerprint density at radius 3 is 2.73 bits per heavy atom. The SMILES string of the molecule is O=C(O)C1(C2=NCCN2)CC1. The molecule has 0 unspecified atom stereocenters. The standard InChI is InChI=1S/C7H10N2O2/c10-6(11)7(1-2-7)5-8-3-4-9-5/h1-4H2,(H,8,9)(H,10,11). The minimum atomic E-state index is -0.731. The van der Waals surface area contributed by atoms with E-state index in [1.165, 1.54) is 0 Å². The molecule has 0 aromatic heterocycles. The second-order valence-corrected chi connectivity index (χ2v) is 3.04. The fourth-order valence-corrected chi connectivity index (χ4v) is 1.40. The highest BCUT2D eigenvalue weighted by molar-refractivity contribution is 6.08. The van der Waals surface area contributed by atoms with Crippen molar-refractivity contribution in [2.24, 2.45) is 10.4 Å². The molecule has 2 N–H and O–H groups in total. The van der Waals surface area contributed by atoms with Crippen molar-refractivity contribution in [3.63, 3.8) is 0 Å². The summed E-state index contributed by atoms with van der Waals surface area (Å²) >= 11 is 0. The van der Waals surface area contributed by atoms with Crippen molar-refractivity contribution in [1.29, 1.82) is 0 Å². The molecule has 0 spiro atoms. The van der Waals surface area contributed by atoms with Gasteiger partial charge in [-0.15, -0.1) is 0 Å². The summed E-state index contributed by atoms with van der Waals surface area (Å²) in [6.07, 6.45) is 1.49. The third-order valence-corrected chi connectivity index (χ3v) is 2.29. The average molecular weight is 154 g/mol. The Morgan fingerprint density at radius 1 is 1.64 bits per heavy atom. The normalized spacial score (nSPS) is 25.6. The van der Waals surface area contributed by atoms with E-state index in [2.05, 4.69) is 10.3 Å². The Balaban J connectivity index is 2.20. The van der Waals surface area contributed by atoms with Crippen molar-refractivity contribution in [2.75, 3.05) is 13.1 Å². The monoisotopic (exact) mass is 154 g/mol. The van der Waals surface area contributed by atoms with Gasteiger partial charge in [-0.3, -0.25) is 9.79 Å². The van der Waals surface area contributed by atoms with E-state index < -0.39 is 11.4 Å². The van der Waals surface area contributed by atoms with Crippen molar-refractivity contribution >= 4 is 11.8 Å². The summed E-state index contributed by atoms with van der Waals surface area (Å²) in [7, 11) is 0. The van der Waals surface area contributed by atoms with Gasteiger partial charge in [0, 0.05) is 6.54 Å². The molecule has 0 saturated heterocycles. The second-order valence-electron chi connectivity index (χ2n) is 3.04. The Kier molecular flexibility index (Phi) is 1.19. The third-order valence-electron chi connectivity index (χ3n) is 2.29. The number of hydrogen-bond donors (Lipinski definition) is 2. The van der Waals surface area contributed by atoms with Crippen LogP contribution < -0.4 is 5.32 Å². The van der Waals surface area contributed by atoms with Gasteiger partial charge in [0.05, 0.1) is 6.54 Å². The second kappa shape index (κ2) is 1.96. The number of nitrogens with zero attached hydrogens (tertiary/aromatic N) is 1. The highest BCUT2D eigenvalue weighted by Crippen LogP contribution is 2.47. The number of aliphatic carboxylic acids is 1. The molecule has 0 aromatic rings. The van der Waals surface area contributed by atoms with Crippen LogP contribution in [0.3, 0.4) is 0 Å². The van der Waals surface area contributed by atoms with Crippen LogP contribution in [0.25, 0.3) is 0 Å². The molecule has 2 aliphatic rings. The van der Waals surface area contributed by atoms with E-state index in [4.69, 9.17) is 5.11 Å². The van der Waals surface area contributed by atoms with Crippen molar-refractivity contribution in [3.8, 4) is 0 Å². The summed E-state index contributed by atoms with van der Waals surface area (Å²) in [5.74, 6) is -0.0318. The molecule has 60 valence electrons. The number of hydrogen-bond acceptors (Lipinski definition) is 3. The van der Waals surface area contributed by atoms with Gasteiger partial charge in [0.25, 0.3) is 0 Å². The summed E-state index contributed by atoms with van der Waals surface area (Å²) in [5.41, 5.74) is -0.615. The van der Waals surface area contributed by atoms with Gasteiger partial charge in [0.2, 0.25) is 0 Å². The number of nitrogens with one attached hydrogen (secondary N) is 1. The maximum atomic E-state index is 10.7. The van der Waals surface area contributed by atoms with E-state index in [1.54, 1.807) is 0 Å². The Bertz CT molecular complexity index is 231. The highest BCUT2D eigenvalue weighted by atomic mass is 16.4. The van der Waals surface area contributed by atoms with Gasteiger partial charge in [0.15, 0.2) is 0 Å². The molecule has 0 atom stereocenters. The molecule has 0 amide bonds. The highest BCUT2D eigenvalue weighted by Gasteiger charge is 2.55. The molecule has 0 radical (unpaired) electrons. The number of carboxylic acids is 1. The first kappa shape index (κ1) is 6.64. The molecule has 0 aromatic carbocycles. The summed E-state index contributed by atoms with van der Waals surface area (Å²) in [4.78, 5) is 14.9. The minimum absolute atomic E-state index is 0.615. The molecule has 1 aliphatic carbocycles. The van der Waals surface area contributed by atoms with Crippen LogP contribution in [0.5, 0.6) is 0 Å². The molecular formula is C7H10N2O2. The minimum Gasteiger partial charge on any atom is -0.480 e. The zero-order valence-electron chi connectivity index (χ0n) is 6.13. The summed E-state index contributed by atoms with van der Waals surface area (Å²) in [6.45, 7) is 1.52. The Labute approximate surface area is 64.3 Å². The quantitative estimate of drug-likeness (QED) is 0.581. The van der Waals surface area contributed by atoms with Crippen LogP contribution in [-0.4, -0.2) is 30.0 Å². The van der Waals surface area contributed by atoms with Gasteiger partial charge in [-0.25, -0.2) is 0 Å². The zero-order valence-corrected chi connectivity index (χ0v) is 6.13. The molecule has 1 aliphatic heterocycles. The van der Waals surface area contributed by atoms with Crippen LogP contribution in [-0.2, 0) is 4.79 Å². The van der Waals surface area contributed by atoms with Crippen LogP contribution in [0.2, 0.25) is 0 Å². The Morgan fingerprint density at radius 2 is 2.36 bits per heavy atom. The van der Waals surface area contributed by atoms with Crippen LogP contribution in [0.15, 0.2) is 4.99 Å². The lowest BCUT2D eigenvalue weighted by atomic mass is 10.1. The van der Waals surface area contributed by atoms with E-state index in [0.717, 1.165) is 25.9 Å². The molecule has 1 saturated carbocycles. The number of carboxylic acid groups (broad SMARTS) is 1. The number of carbonyl (C=O) groups is 1. The summed E-state index contributed by atoms with van der Waals surface area (Å²) in [6, 6.07) is 0.